The van der Waals surface area contributed by atoms with Gasteiger partial charge in [-0.1, -0.05) is 256 Å². The molecular formula is C76H146O17S. The summed E-state index contributed by atoms with van der Waals surface area (Å²) in [6, 6.07) is 0. The van der Waals surface area contributed by atoms with E-state index in [1.807, 2.05) is 0 Å². The molecular weight excluding hydrogens is 1220 g/mol. The Morgan fingerprint density at radius 3 is 1.12 bits per heavy atom. The summed E-state index contributed by atoms with van der Waals surface area (Å²) < 4.78 is 67.6. The van der Waals surface area contributed by atoms with Crippen molar-refractivity contribution in [2.45, 2.75) is 401 Å². The fourth-order valence-corrected chi connectivity index (χ4v) is 16.3. The normalized spacial score (nSPS) is 25.6. The van der Waals surface area contributed by atoms with E-state index >= 15 is 0 Å². The van der Waals surface area contributed by atoms with Gasteiger partial charge in [0.2, 0.25) is 6.29 Å². The molecule has 2 fully saturated rings. The van der Waals surface area contributed by atoms with Crippen molar-refractivity contribution in [3.8, 4) is 0 Å². The molecule has 2 aliphatic heterocycles. The van der Waals surface area contributed by atoms with Gasteiger partial charge in [-0.25, -0.2) is 4.18 Å². The van der Waals surface area contributed by atoms with Gasteiger partial charge in [0.15, 0.2) is 24.6 Å². The van der Waals surface area contributed by atoms with Gasteiger partial charge < -0.3 is 54.3 Å². The lowest BCUT2D eigenvalue weighted by atomic mass is 9.79. The van der Waals surface area contributed by atoms with Crippen LogP contribution in [0.4, 0.5) is 0 Å². The minimum Gasteiger partial charge on any atom is -0.455 e. The number of esters is 2. The molecule has 0 aliphatic carbocycles. The third-order valence-corrected chi connectivity index (χ3v) is 20.9. The van der Waals surface area contributed by atoms with Gasteiger partial charge in [-0.15, -0.1) is 0 Å². The number of hydrogen-bond acceptors (Lipinski definition) is 16. The van der Waals surface area contributed by atoms with Crippen molar-refractivity contribution < 1.29 is 81.1 Å². The first-order valence-corrected chi connectivity index (χ1v) is 40.1. The van der Waals surface area contributed by atoms with Crippen LogP contribution in [0.3, 0.4) is 0 Å². The molecule has 2 saturated heterocycles. The molecule has 2 aliphatic rings. The molecule has 0 aromatic rings. The Morgan fingerprint density at radius 1 is 0.415 bits per heavy atom. The van der Waals surface area contributed by atoms with E-state index in [0.717, 1.165) is 70.6 Å². The summed E-state index contributed by atoms with van der Waals surface area (Å²) in [5, 5.41) is 64.5. The van der Waals surface area contributed by atoms with Crippen LogP contribution in [-0.4, -0.2) is 136 Å². The zero-order chi connectivity index (χ0) is 70.0. The van der Waals surface area contributed by atoms with Crippen LogP contribution < -0.4 is 0 Å². The van der Waals surface area contributed by atoms with E-state index < -0.39 is 103 Å². The molecule has 2 rings (SSSR count). The standard InChI is InChI=1S/C76H146O17S/c1-13-15-17-19-21-23-25-27-28-30-31-33-35-37-39-41-64(79)62(11)50-60(9)48-58(7)46-56(5)44-54(3)43-55(4)45-57(6)47-59(8)49-61(10)51-63(12)74(84)91-71-69(82)66(53-78)89-76(92-75-72(93-94(85,86)87)70(83)68(81)65(52-77)88-75)73(71)90-67(80)42-40-38-36-34-32-29-26-24-22-20-18-16-14-2/h54-66,68-73,75-79,81-83H,13-53H2,1-12H3,(H,85,86,87). The lowest BCUT2D eigenvalue weighted by Crippen LogP contribution is -2.65. The molecule has 558 valence electrons. The van der Waals surface area contributed by atoms with Gasteiger partial charge in [0.25, 0.3) is 0 Å². The van der Waals surface area contributed by atoms with Gasteiger partial charge in [0.05, 0.1) is 25.2 Å². The van der Waals surface area contributed by atoms with Crippen LogP contribution in [-0.2, 0) is 47.9 Å². The highest BCUT2D eigenvalue weighted by molar-refractivity contribution is 7.80. The van der Waals surface area contributed by atoms with E-state index in [1.165, 1.54) is 161 Å². The third-order valence-electron chi connectivity index (χ3n) is 20.5. The van der Waals surface area contributed by atoms with Crippen LogP contribution in [0, 0.1) is 59.2 Å². The number of carbonyl (C=O) groups excluding carboxylic acids is 2. The highest BCUT2D eigenvalue weighted by Gasteiger charge is 2.55. The van der Waals surface area contributed by atoms with Crippen molar-refractivity contribution >= 4 is 22.3 Å². The summed E-state index contributed by atoms with van der Waals surface area (Å²) in [5.41, 5.74) is 0. The molecule has 18 heteroatoms. The van der Waals surface area contributed by atoms with Gasteiger partial charge in [-0.05, 0) is 124 Å². The molecule has 2 heterocycles. The maximum Gasteiger partial charge on any atom is 0.397 e. The molecule has 21 unspecified atom stereocenters. The monoisotopic (exact) mass is 1360 g/mol. The number of aliphatic hydroxyl groups excluding tert-OH is 6. The summed E-state index contributed by atoms with van der Waals surface area (Å²) in [7, 11) is -5.32. The zero-order valence-electron chi connectivity index (χ0n) is 61.7. The Morgan fingerprint density at radius 2 is 0.745 bits per heavy atom. The summed E-state index contributed by atoms with van der Waals surface area (Å²) in [5.74, 6) is 2.34. The van der Waals surface area contributed by atoms with Crippen molar-refractivity contribution in [1.29, 1.82) is 0 Å². The fraction of sp³-hybridized carbons (Fsp3) is 0.974. The van der Waals surface area contributed by atoms with Crippen molar-refractivity contribution in [2.24, 2.45) is 59.2 Å². The van der Waals surface area contributed by atoms with Crippen molar-refractivity contribution in [2.75, 3.05) is 13.2 Å². The number of hydrogen-bond donors (Lipinski definition) is 7. The predicted molar refractivity (Wildman–Crippen MR) is 376 cm³/mol. The second-order valence-corrected chi connectivity index (χ2v) is 32.1. The molecule has 7 N–H and O–H groups in total. The lowest BCUT2D eigenvalue weighted by Gasteiger charge is -2.46. The minimum absolute atomic E-state index is 0.0538. The number of rotatable bonds is 58. The van der Waals surface area contributed by atoms with Crippen molar-refractivity contribution in [3.05, 3.63) is 0 Å². The summed E-state index contributed by atoms with van der Waals surface area (Å²) in [6.45, 7) is 25.5. The molecule has 0 radical (unpaired) electrons. The average molecular weight is 1360 g/mol. The number of aliphatic hydroxyl groups is 6. The second-order valence-electron chi connectivity index (χ2n) is 31.0. The highest BCUT2D eigenvalue weighted by atomic mass is 32.3. The van der Waals surface area contributed by atoms with E-state index in [0.29, 0.717) is 60.2 Å². The fourth-order valence-electron chi connectivity index (χ4n) is 15.8. The van der Waals surface area contributed by atoms with Gasteiger partial charge in [-0.2, -0.15) is 8.42 Å². The molecule has 0 saturated carbocycles. The topological polar surface area (TPSA) is 265 Å². The molecule has 0 aromatic heterocycles. The molecule has 0 aromatic carbocycles. The van der Waals surface area contributed by atoms with Gasteiger partial charge in [0, 0.05) is 6.42 Å². The van der Waals surface area contributed by atoms with Crippen LogP contribution in [0.5, 0.6) is 0 Å². The average Bonchev–Trinajstić information content (AvgIpc) is 0.781. The van der Waals surface area contributed by atoms with Crippen LogP contribution >= 0.6 is 0 Å². The summed E-state index contributed by atoms with van der Waals surface area (Å²) in [6.07, 6.45) is 26.4. The Kier molecular flexibility index (Phi) is 48.6. The third kappa shape index (κ3) is 39.4. The summed E-state index contributed by atoms with van der Waals surface area (Å²) in [4.78, 5) is 27.8. The number of unbranched alkanes of at least 4 members (excludes halogenated alkanes) is 26. The molecule has 0 bridgehead atoms. The highest BCUT2D eigenvalue weighted by Crippen LogP contribution is 2.36. The van der Waals surface area contributed by atoms with E-state index in [1.54, 1.807) is 6.92 Å². The second kappa shape index (κ2) is 51.6. The summed E-state index contributed by atoms with van der Waals surface area (Å²) >= 11 is 0. The molecule has 0 spiro atoms. The number of carbonyl (C=O) groups is 2. The molecule has 0 amide bonds. The van der Waals surface area contributed by atoms with E-state index in [-0.39, 0.29) is 18.4 Å². The quantitative estimate of drug-likeness (QED) is 0.0169. The van der Waals surface area contributed by atoms with Crippen LogP contribution in [0.2, 0.25) is 0 Å². The maximum atomic E-state index is 14.1. The Bertz CT molecular complexity index is 1980. The molecule has 17 nitrogen and oxygen atoms in total. The van der Waals surface area contributed by atoms with Crippen LogP contribution in [0.25, 0.3) is 0 Å². The van der Waals surface area contributed by atoms with Crippen molar-refractivity contribution in [1.82, 2.24) is 0 Å². The lowest BCUT2D eigenvalue weighted by molar-refractivity contribution is -0.374. The van der Waals surface area contributed by atoms with Crippen LogP contribution in [0.1, 0.15) is 333 Å². The largest absolute Gasteiger partial charge is 0.455 e. The molecule has 21 atom stereocenters. The Labute approximate surface area is 574 Å². The van der Waals surface area contributed by atoms with Gasteiger partial charge in [0.1, 0.15) is 30.5 Å². The molecule has 94 heavy (non-hydrogen) atoms. The SMILES string of the molecule is CCCCCCCCCCCCCCCCCC(O)C(C)CC(C)CC(C)CC(C)CC(C)CC(C)CC(C)CC(C)CC(C)CC(C)C(=O)OC1C(O)C(CO)OC(OC2OC(CO)C(O)C(O)C2OS(=O)(=O)O)C1OC(=O)CCCCCCCCCCCCCCC. The van der Waals surface area contributed by atoms with E-state index in [4.69, 9.17) is 23.7 Å². The van der Waals surface area contributed by atoms with Crippen molar-refractivity contribution in [3.63, 3.8) is 0 Å². The van der Waals surface area contributed by atoms with E-state index in [2.05, 4.69) is 80.3 Å². The van der Waals surface area contributed by atoms with Gasteiger partial charge >= 0.3 is 22.3 Å². The first kappa shape index (κ1) is 88.5. The van der Waals surface area contributed by atoms with Crippen LogP contribution in [0.15, 0.2) is 0 Å². The first-order chi connectivity index (χ1) is 44.7. The Hall–Kier alpha value is -1.55. The first-order valence-electron chi connectivity index (χ1n) is 38.7. The maximum absolute atomic E-state index is 14.1. The predicted octanol–water partition coefficient (Wildman–Crippen LogP) is 16.5. The smallest absolute Gasteiger partial charge is 0.397 e. The van der Waals surface area contributed by atoms with Gasteiger partial charge in [-0.3, -0.25) is 14.1 Å². The Balaban J connectivity index is 1.90. The zero-order valence-corrected chi connectivity index (χ0v) is 62.6. The number of ether oxygens (including phenoxy) is 5. The minimum atomic E-state index is -5.32. The van der Waals surface area contributed by atoms with E-state index in [9.17, 15) is 53.2 Å².